The first-order chi connectivity index (χ1) is 7.04. The van der Waals surface area contributed by atoms with E-state index in [1.807, 2.05) is 0 Å². The monoisotopic (exact) mass is 211 g/mol. The second-order valence-electron chi connectivity index (χ2n) is 2.93. The van der Waals surface area contributed by atoms with E-state index >= 15 is 0 Å². The summed E-state index contributed by atoms with van der Waals surface area (Å²) in [4.78, 5) is 21.8. The molecule has 0 atom stereocenters. The summed E-state index contributed by atoms with van der Waals surface area (Å²) >= 11 is 0. The second kappa shape index (κ2) is 4.54. The Morgan fingerprint density at radius 3 is 2.67 bits per heavy atom. The summed E-state index contributed by atoms with van der Waals surface area (Å²) in [6, 6.07) is 4.20. The fraction of sp³-hybridized carbons (Fsp3) is 0.200. The molecule has 0 saturated heterocycles. The second-order valence-corrected chi connectivity index (χ2v) is 2.93. The number of methoxy groups -OCH3 is 1. The van der Waals surface area contributed by atoms with Crippen molar-refractivity contribution in [3.05, 3.63) is 29.6 Å². The van der Waals surface area contributed by atoms with Crippen LogP contribution in [0.25, 0.3) is 0 Å². The van der Waals surface area contributed by atoms with Crippen LogP contribution in [0, 0.1) is 12.7 Å². The van der Waals surface area contributed by atoms with E-state index in [1.165, 1.54) is 12.1 Å². The number of rotatable bonds is 1. The molecule has 0 heterocycles. The molecule has 0 unspecified atom stereocenters. The van der Waals surface area contributed by atoms with E-state index in [0.29, 0.717) is 0 Å². The number of benzene rings is 1. The van der Waals surface area contributed by atoms with Crippen molar-refractivity contribution in [2.45, 2.75) is 6.92 Å². The van der Waals surface area contributed by atoms with Crippen LogP contribution in [0.15, 0.2) is 18.2 Å². The van der Waals surface area contributed by atoms with Crippen LogP contribution in [0.5, 0.6) is 0 Å². The van der Waals surface area contributed by atoms with Crippen LogP contribution in [0.1, 0.15) is 5.56 Å². The van der Waals surface area contributed by atoms with Gasteiger partial charge in [0.25, 0.3) is 0 Å². The molecule has 0 saturated carbocycles. The third-order valence-corrected chi connectivity index (χ3v) is 1.74. The van der Waals surface area contributed by atoms with E-state index < -0.39 is 17.7 Å². The van der Waals surface area contributed by atoms with E-state index in [4.69, 9.17) is 0 Å². The molecule has 1 rings (SSSR count). The molecule has 0 aliphatic carbocycles. The maximum atomic E-state index is 13.1. The molecule has 1 amide bonds. The molecule has 0 aromatic heterocycles. The number of hydrogen-bond acceptors (Lipinski definition) is 3. The summed E-state index contributed by atoms with van der Waals surface area (Å²) in [5, 5.41) is 2.11. The van der Waals surface area contributed by atoms with Crippen molar-refractivity contribution in [1.82, 2.24) is 0 Å². The predicted molar refractivity (Wildman–Crippen MR) is 51.8 cm³/mol. The Hall–Kier alpha value is -1.91. The van der Waals surface area contributed by atoms with Gasteiger partial charge in [-0.25, -0.2) is 9.18 Å². The lowest BCUT2D eigenvalue weighted by Gasteiger charge is -2.05. The molecular formula is C10H10FNO3. The summed E-state index contributed by atoms with van der Waals surface area (Å²) in [6.07, 6.45) is 0. The summed E-state index contributed by atoms with van der Waals surface area (Å²) in [5.74, 6) is -2.66. The summed E-state index contributed by atoms with van der Waals surface area (Å²) < 4.78 is 17.3. The normalized spacial score (nSPS) is 9.53. The maximum absolute atomic E-state index is 13.1. The number of ether oxygens (including phenoxy) is 1. The fourth-order valence-electron chi connectivity index (χ4n) is 1.00. The van der Waals surface area contributed by atoms with Crippen LogP contribution in [-0.4, -0.2) is 19.0 Å². The number of halogens is 1. The average Bonchev–Trinajstić information content (AvgIpc) is 2.22. The van der Waals surface area contributed by atoms with Gasteiger partial charge >= 0.3 is 11.9 Å². The van der Waals surface area contributed by atoms with Crippen LogP contribution < -0.4 is 5.32 Å². The molecule has 0 fully saturated rings. The Kier molecular flexibility index (Phi) is 3.38. The maximum Gasteiger partial charge on any atom is 0.396 e. The Bertz CT molecular complexity index is 404. The molecule has 0 aliphatic rings. The highest BCUT2D eigenvalue weighted by Crippen LogP contribution is 2.15. The highest BCUT2D eigenvalue weighted by atomic mass is 19.1. The largest absolute Gasteiger partial charge is 0.462 e. The molecule has 4 nitrogen and oxygen atoms in total. The molecule has 0 spiro atoms. The van der Waals surface area contributed by atoms with Gasteiger partial charge < -0.3 is 10.1 Å². The smallest absolute Gasteiger partial charge is 0.396 e. The van der Waals surface area contributed by atoms with Crippen molar-refractivity contribution in [1.29, 1.82) is 0 Å². The molecule has 1 aromatic carbocycles. The number of amides is 1. The topological polar surface area (TPSA) is 55.4 Å². The van der Waals surface area contributed by atoms with E-state index in [9.17, 15) is 14.0 Å². The minimum absolute atomic E-state index is 0.0367. The van der Waals surface area contributed by atoms with Gasteiger partial charge in [-0.1, -0.05) is 6.07 Å². The number of aryl methyl sites for hydroxylation is 1. The number of anilines is 1. The first-order valence-corrected chi connectivity index (χ1v) is 4.20. The quantitative estimate of drug-likeness (QED) is 0.561. The van der Waals surface area contributed by atoms with E-state index in [-0.39, 0.29) is 5.69 Å². The van der Waals surface area contributed by atoms with Gasteiger partial charge in [0.05, 0.1) is 12.8 Å². The number of nitrogens with one attached hydrogen (secondary N) is 1. The highest BCUT2D eigenvalue weighted by Gasteiger charge is 2.15. The molecular weight excluding hydrogens is 201 g/mol. The van der Waals surface area contributed by atoms with Crippen molar-refractivity contribution in [2.24, 2.45) is 0 Å². The van der Waals surface area contributed by atoms with E-state index in [1.54, 1.807) is 13.0 Å². The van der Waals surface area contributed by atoms with Gasteiger partial charge in [-0.05, 0) is 24.6 Å². The predicted octanol–water partition coefficient (Wildman–Crippen LogP) is 1.25. The molecule has 15 heavy (non-hydrogen) atoms. The third-order valence-electron chi connectivity index (χ3n) is 1.74. The van der Waals surface area contributed by atoms with Crippen LogP contribution in [0.2, 0.25) is 0 Å². The number of carbonyl (C=O) groups is 2. The van der Waals surface area contributed by atoms with E-state index in [0.717, 1.165) is 12.7 Å². The van der Waals surface area contributed by atoms with Crippen molar-refractivity contribution in [3.63, 3.8) is 0 Å². The van der Waals surface area contributed by atoms with Crippen LogP contribution in [0.3, 0.4) is 0 Å². The molecule has 0 bridgehead atoms. The molecule has 0 radical (unpaired) electrons. The number of hydrogen-bond donors (Lipinski definition) is 1. The minimum atomic E-state index is -1.06. The zero-order valence-electron chi connectivity index (χ0n) is 8.33. The Balaban J connectivity index is 2.85. The van der Waals surface area contributed by atoms with Gasteiger partial charge in [0.1, 0.15) is 5.82 Å². The molecule has 1 aromatic rings. The Morgan fingerprint density at radius 2 is 2.07 bits per heavy atom. The third kappa shape index (κ3) is 2.77. The van der Waals surface area contributed by atoms with Crippen LogP contribution in [0.4, 0.5) is 10.1 Å². The van der Waals surface area contributed by atoms with Gasteiger partial charge in [0, 0.05) is 0 Å². The van der Waals surface area contributed by atoms with Gasteiger partial charge in [-0.3, -0.25) is 4.79 Å². The SMILES string of the molecule is COC(=O)C(=O)Nc1cc(C)ccc1F. The van der Waals surface area contributed by atoms with Crippen molar-refractivity contribution in [3.8, 4) is 0 Å². The first kappa shape index (κ1) is 11.2. The zero-order chi connectivity index (χ0) is 11.4. The number of esters is 1. The van der Waals surface area contributed by atoms with Crippen molar-refractivity contribution < 1.29 is 18.7 Å². The van der Waals surface area contributed by atoms with Crippen LogP contribution >= 0.6 is 0 Å². The average molecular weight is 211 g/mol. The zero-order valence-corrected chi connectivity index (χ0v) is 8.33. The van der Waals surface area contributed by atoms with Gasteiger partial charge in [-0.15, -0.1) is 0 Å². The molecule has 80 valence electrons. The number of carbonyl (C=O) groups excluding carboxylic acids is 2. The van der Waals surface area contributed by atoms with Crippen molar-refractivity contribution >= 4 is 17.6 Å². The Morgan fingerprint density at radius 1 is 1.40 bits per heavy atom. The van der Waals surface area contributed by atoms with Gasteiger partial charge in [0.15, 0.2) is 0 Å². The fourth-order valence-corrected chi connectivity index (χ4v) is 1.00. The summed E-state index contributed by atoms with van der Waals surface area (Å²) in [5.41, 5.74) is 0.738. The lowest BCUT2D eigenvalue weighted by molar-refractivity contribution is -0.150. The Labute approximate surface area is 86.0 Å². The van der Waals surface area contributed by atoms with Crippen molar-refractivity contribution in [2.75, 3.05) is 12.4 Å². The molecule has 5 heteroatoms. The summed E-state index contributed by atoms with van der Waals surface area (Å²) in [6.45, 7) is 1.74. The van der Waals surface area contributed by atoms with Gasteiger partial charge in [0.2, 0.25) is 0 Å². The molecule has 1 N–H and O–H groups in total. The molecule has 0 aliphatic heterocycles. The highest BCUT2D eigenvalue weighted by molar-refractivity contribution is 6.37. The lowest BCUT2D eigenvalue weighted by atomic mass is 10.2. The summed E-state index contributed by atoms with van der Waals surface area (Å²) in [7, 11) is 1.08. The van der Waals surface area contributed by atoms with E-state index in [2.05, 4.69) is 10.1 Å². The van der Waals surface area contributed by atoms with Crippen LogP contribution in [-0.2, 0) is 14.3 Å². The van der Waals surface area contributed by atoms with Gasteiger partial charge in [-0.2, -0.15) is 0 Å². The lowest BCUT2D eigenvalue weighted by Crippen LogP contribution is -2.24. The minimum Gasteiger partial charge on any atom is -0.462 e. The standard InChI is InChI=1S/C10H10FNO3/c1-6-3-4-7(11)8(5-6)12-9(13)10(14)15-2/h3-5H,1-2H3,(H,12,13). The first-order valence-electron chi connectivity index (χ1n) is 4.20.